The Hall–Kier alpha value is -3.65. The molecule has 11 nitrogen and oxygen atoms in total. The third-order valence-corrected chi connectivity index (χ3v) is 5.23. The average Bonchev–Trinajstić information content (AvgIpc) is 2.81. The second-order valence-corrected chi connectivity index (χ2v) is 8.58. The van der Waals surface area contributed by atoms with Crippen LogP contribution in [0.1, 0.15) is 26.7 Å². The normalized spacial score (nSPS) is 13.3. The molecule has 0 fully saturated rings. The molecule has 1 aromatic carbocycles. The molecule has 0 spiro atoms. The van der Waals surface area contributed by atoms with E-state index in [1.165, 1.54) is 19.1 Å². The third kappa shape index (κ3) is 10.4. The molecule has 0 bridgehead atoms. The standard InChI is InChI=1S/C23H26N4O7S/c1-5-6-7-31-8-9-33-22-12-19(21(15-25)27-4)23(13-18(22)20(14-24)26-3)34-11-10-32-17(2)16-35(28,29)30/h12-13,17H,5-11,16H2,1-2H3,(H,28,29,30)/b20-18-,21-19+. The number of hydrogen-bond donors (Lipinski definition) is 1. The summed E-state index contributed by atoms with van der Waals surface area (Å²) < 4.78 is 52.8. The van der Waals surface area contributed by atoms with E-state index in [-0.39, 0.29) is 59.8 Å². The summed E-state index contributed by atoms with van der Waals surface area (Å²) in [5.74, 6) is -0.429. The smallest absolute Gasteiger partial charge is 0.272 e. The van der Waals surface area contributed by atoms with Crippen molar-refractivity contribution in [1.29, 1.82) is 10.5 Å². The average molecular weight is 503 g/mol. The molecule has 1 atom stereocenters. The number of nitriles is 2. The van der Waals surface area contributed by atoms with Crippen LogP contribution in [0.4, 0.5) is 0 Å². The summed E-state index contributed by atoms with van der Waals surface area (Å²) in [6.45, 7) is 18.9. The molecule has 35 heavy (non-hydrogen) atoms. The van der Waals surface area contributed by atoms with Gasteiger partial charge in [0.1, 0.15) is 30.5 Å². The SMILES string of the molecule is [C-]#[N+]/C(C#N)=c1/cc(OCCOC(C)CS(=O)(=O)O)/c(=C(\C#N)[N+]#[C-])cc1OCCOCCCC. The molecule has 1 aromatic rings. The van der Waals surface area contributed by atoms with Crippen LogP contribution in [0, 0.1) is 35.8 Å². The van der Waals surface area contributed by atoms with Crippen molar-refractivity contribution >= 4 is 21.5 Å². The lowest BCUT2D eigenvalue weighted by Gasteiger charge is -2.14. The maximum Gasteiger partial charge on any atom is 0.272 e. The molecule has 0 radical (unpaired) electrons. The summed E-state index contributed by atoms with van der Waals surface area (Å²) in [5.41, 5.74) is -0.569. The van der Waals surface area contributed by atoms with Crippen LogP contribution in [0.25, 0.3) is 21.1 Å². The summed E-state index contributed by atoms with van der Waals surface area (Å²) in [6, 6.07) is 6.27. The van der Waals surface area contributed by atoms with Gasteiger partial charge in [0, 0.05) is 17.0 Å². The van der Waals surface area contributed by atoms with Crippen molar-refractivity contribution in [2.75, 3.05) is 38.8 Å². The maximum absolute atomic E-state index is 10.9. The van der Waals surface area contributed by atoms with Crippen LogP contribution in [0.5, 0.6) is 11.5 Å². The van der Waals surface area contributed by atoms with Crippen LogP contribution in [0.15, 0.2) is 12.1 Å². The lowest BCUT2D eigenvalue weighted by molar-refractivity contribution is 0.0559. The van der Waals surface area contributed by atoms with Gasteiger partial charge in [0.25, 0.3) is 21.5 Å². The second-order valence-electron chi connectivity index (χ2n) is 7.08. The summed E-state index contributed by atoms with van der Waals surface area (Å²) in [7, 11) is -4.20. The number of benzene rings is 1. The monoisotopic (exact) mass is 502 g/mol. The van der Waals surface area contributed by atoms with Crippen LogP contribution in [0.2, 0.25) is 0 Å². The minimum atomic E-state index is -4.20. The van der Waals surface area contributed by atoms with Gasteiger partial charge in [-0.2, -0.15) is 8.42 Å². The van der Waals surface area contributed by atoms with E-state index in [1.54, 1.807) is 12.1 Å². The molecule has 0 aliphatic heterocycles. The van der Waals surface area contributed by atoms with Gasteiger partial charge < -0.3 is 18.9 Å². The molecule has 1 N–H and O–H groups in total. The van der Waals surface area contributed by atoms with Crippen molar-refractivity contribution in [1.82, 2.24) is 0 Å². The van der Waals surface area contributed by atoms with Crippen LogP contribution in [-0.2, 0) is 19.6 Å². The van der Waals surface area contributed by atoms with E-state index in [1.807, 2.05) is 6.92 Å². The Morgan fingerprint density at radius 2 is 1.51 bits per heavy atom. The van der Waals surface area contributed by atoms with Crippen molar-refractivity contribution in [3.8, 4) is 23.6 Å². The van der Waals surface area contributed by atoms with Crippen LogP contribution < -0.4 is 19.9 Å². The fourth-order valence-electron chi connectivity index (χ4n) is 2.76. The van der Waals surface area contributed by atoms with Crippen molar-refractivity contribution in [3.63, 3.8) is 0 Å². The van der Waals surface area contributed by atoms with Crippen molar-refractivity contribution in [2.24, 2.45) is 0 Å². The first-order valence-corrected chi connectivity index (χ1v) is 12.2. The van der Waals surface area contributed by atoms with Crippen molar-refractivity contribution in [3.05, 3.63) is 45.4 Å². The molecule has 0 aliphatic carbocycles. The van der Waals surface area contributed by atoms with E-state index in [0.29, 0.717) is 6.61 Å². The van der Waals surface area contributed by atoms with Crippen molar-refractivity contribution < 1.29 is 31.9 Å². The quantitative estimate of drug-likeness (QED) is 0.228. The molecule has 1 unspecified atom stereocenters. The Morgan fingerprint density at radius 1 is 1.00 bits per heavy atom. The predicted molar refractivity (Wildman–Crippen MR) is 125 cm³/mol. The number of nitrogens with zero attached hydrogens (tertiary/aromatic N) is 4. The van der Waals surface area contributed by atoms with Gasteiger partial charge in [-0.05, 0) is 25.5 Å². The van der Waals surface area contributed by atoms with Crippen LogP contribution in [0.3, 0.4) is 0 Å². The first-order valence-electron chi connectivity index (χ1n) is 10.6. The van der Waals surface area contributed by atoms with Crippen LogP contribution in [-0.4, -0.2) is 57.9 Å². The molecule has 0 saturated carbocycles. The van der Waals surface area contributed by atoms with Gasteiger partial charge in [-0.3, -0.25) is 4.55 Å². The van der Waals surface area contributed by atoms with Crippen molar-refractivity contribution in [2.45, 2.75) is 32.8 Å². The molecule has 0 aliphatic rings. The number of ether oxygens (including phenoxy) is 4. The molecule has 0 heterocycles. The minimum absolute atomic E-state index is 0.0431. The second kappa shape index (κ2) is 15.3. The molecule has 1 rings (SSSR count). The fraction of sp³-hybridized carbons (Fsp3) is 0.478. The van der Waals surface area contributed by atoms with E-state index in [9.17, 15) is 18.9 Å². The zero-order chi connectivity index (χ0) is 26.3. The summed E-state index contributed by atoms with van der Waals surface area (Å²) in [6.07, 6.45) is 1.08. The van der Waals surface area contributed by atoms with Gasteiger partial charge in [-0.25, -0.2) is 20.2 Å². The van der Waals surface area contributed by atoms with E-state index >= 15 is 0 Å². The zero-order valence-corrected chi connectivity index (χ0v) is 20.3. The predicted octanol–water partition coefficient (Wildman–Crippen LogP) is 1.66. The Labute approximate surface area is 204 Å². The molecular weight excluding hydrogens is 476 g/mol. The van der Waals surface area contributed by atoms with Gasteiger partial charge in [0.2, 0.25) is 0 Å². The van der Waals surface area contributed by atoms with Gasteiger partial charge in [0.15, 0.2) is 0 Å². The molecule has 0 saturated heterocycles. The van der Waals surface area contributed by atoms with E-state index in [4.69, 9.17) is 36.6 Å². The molecular formula is C23H26N4O7S. The van der Waals surface area contributed by atoms with Gasteiger partial charge in [-0.15, -0.1) is 0 Å². The topological polar surface area (TPSA) is 148 Å². The molecule has 186 valence electrons. The number of unbranched alkanes of at least 4 members (excludes halogenated alkanes) is 1. The largest absolute Gasteiger partial charge is 0.492 e. The third-order valence-electron chi connectivity index (χ3n) is 4.34. The fourth-order valence-corrected chi connectivity index (χ4v) is 3.45. The number of hydrogen-bond acceptors (Lipinski definition) is 8. The summed E-state index contributed by atoms with van der Waals surface area (Å²) in [5, 5.41) is 19.0. The molecule has 0 amide bonds. The van der Waals surface area contributed by atoms with E-state index in [2.05, 4.69) is 9.69 Å². The van der Waals surface area contributed by atoms with Gasteiger partial charge >= 0.3 is 0 Å². The van der Waals surface area contributed by atoms with E-state index in [0.717, 1.165) is 12.8 Å². The lowest BCUT2D eigenvalue weighted by atomic mass is 10.1. The Morgan fingerprint density at radius 3 is 1.94 bits per heavy atom. The first kappa shape index (κ1) is 29.4. The van der Waals surface area contributed by atoms with Gasteiger partial charge in [0.05, 0.1) is 44.6 Å². The highest BCUT2D eigenvalue weighted by Crippen LogP contribution is 2.13. The minimum Gasteiger partial charge on any atom is -0.492 e. The van der Waals surface area contributed by atoms with Gasteiger partial charge in [-0.1, -0.05) is 13.3 Å². The lowest BCUT2D eigenvalue weighted by Crippen LogP contribution is -2.24. The number of rotatable bonds is 14. The zero-order valence-electron chi connectivity index (χ0n) is 19.5. The Balaban J connectivity index is 3.28. The summed E-state index contributed by atoms with van der Waals surface area (Å²) >= 11 is 0. The van der Waals surface area contributed by atoms with E-state index < -0.39 is 22.0 Å². The van der Waals surface area contributed by atoms with Crippen LogP contribution >= 0.6 is 0 Å². The Bertz CT molecular complexity index is 1230. The Kier molecular flexibility index (Phi) is 12.8. The molecule has 0 aromatic heterocycles. The highest BCUT2D eigenvalue weighted by molar-refractivity contribution is 7.85. The highest BCUT2D eigenvalue weighted by atomic mass is 32.2. The first-order chi connectivity index (χ1) is 16.7. The summed E-state index contributed by atoms with van der Waals surface area (Å²) in [4.78, 5) is 6.42. The maximum atomic E-state index is 10.9. The highest BCUT2D eigenvalue weighted by Gasteiger charge is 2.14. The molecule has 12 heteroatoms.